The fourth-order valence-corrected chi connectivity index (χ4v) is 2.16. The van der Waals surface area contributed by atoms with Crippen molar-refractivity contribution in [3.05, 3.63) is 59.4 Å². The third-order valence-electron chi connectivity index (χ3n) is 3.22. The standard InChI is InChI=1S/C16H10FNO2/c1-9-3-4-10(6-14(9)19)13-8-12(18-2)5-11-7-15(17)20-16(11)13/h3-8,19H,1H3. The summed E-state index contributed by atoms with van der Waals surface area (Å²) in [5.74, 6) is 0.149. The monoisotopic (exact) mass is 267 g/mol. The second-order valence-corrected chi connectivity index (χ2v) is 4.58. The van der Waals surface area contributed by atoms with Crippen molar-refractivity contribution >= 4 is 16.7 Å². The predicted octanol–water partition coefficient (Wildman–Crippen LogP) is 4.80. The quantitative estimate of drug-likeness (QED) is 0.643. The van der Waals surface area contributed by atoms with Gasteiger partial charge in [0.05, 0.1) is 6.57 Å². The molecule has 1 N–H and O–H groups in total. The van der Waals surface area contributed by atoms with Gasteiger partial charge in [0.2, 0.25) is 0 Å². The van der Waals surface area contributed by atoms with E-state index in [1.54, 1.807) is 37.3 Å². The van der Waals surface area contributed by atoms with Crippen molar-refractivity contribution in [2.45, 2.75) is 6.92 Å². The predicted molar refractivity (Wildman–Crippen MR) is 74.3 cm³/mol. The average Bonchev–Trinajstić information content (AvgIpc) is 2.80. The van der Waals surface area contributed by atoms with Crippen LogP contribution in [-0.2, 0) is 0 Å². The van der Waals surface area contributed by atoms with E-state index in [1.165, 1.54) is 6.07 Å². The summed E-state index contributed by atoms with van der Waals surface area (Å²) in [6, 6.07) is 8.91. The summed E-state index contributed by atoms with van der Waals surface area (Å²) in [4.78, 5) is 3.38. The molecule has 20 heavy (non-hydrogen) atoms. The molecule has 98 valence electrons. The van der Waals surface area contributed by atoms with E-state index in [2.05, 4.69) is 4.85 Å². The number of hydrogen-bond acceptors (Lipinski definition) is 2. The van der Waals surface area contributed by atoms with Crippen LogP contribution in [0.15, 0.2) is 40.8 Å². The maximum absolute atomic E-state index is 13.3. The molecule has 0 bridgehead atoms. The topological polar surface area (TPSA) is 37.7 Å². The number of fused-ring (bicyclic) bond motifs is 1. The maximum Gasteiger partial charge on any atom is 0.278 e. The molecule has 0 aliphatic heterocycles. The van der Waals surface area contributed by atoms with Crippen LogP contribution in [0, 0.1) is 19.5 Å². The fraction of sp³-hybridized carbons (Fsp3) is 0.0625. The minimum absolute atomic E-state index is 0.149. The largest absolute Gasteiger partial charge is 0.508 e. The Morgan fingerprint density at radius 2 is 2.00 bits per heavy atom. The molecule has 3 nitrogen and oxygen atoms in total. The molecule has 0 atom stereocenters. The van der Waals surface area contributed by atoms with Crippen LogP contribution < -0.4 is 0 Å². The molecular weight excluding hydrogens is 257 g/mol. The van der Waals surface area contributed by atoms with Gasteiger partial charge in [0.15, 0.2) is 5.69 Å². The molecule has 0 saturated heterocycles. The Labute approximate surface area is 114 Å². The van der Waals surface area contributed by atoms with Crippen molar-refractivity contribution in [3.8, 4) is 16.9 Å². The van der Waals surface area contributed by atoms with Crippen molar-refractivity contribution in [3.63, 3.8) is 0 Å². The molecule has 0 radical (unpaired) electrons. The molecule has 0 spiro atoms. The molecule has 0 amide bonds. The zero-order chi connectivity index (χ0) is 14.3. The van der Waals surface area contributed by atoms with Crippen LogP contribution in [0.1, 0.15) is 5.56 Å². The summed E-state index contributed by atoms with van der Waals surface area (Å²) in [7, 11) is 0. The number of aryl methyl sites for hydroxylation is 1. The van der Waals surface area contributed by atoms with Gasteiger partial charge in [-0.1, -0.05) is 12.1 Å². The second-order valence-electron chi connectivity index (χ2n) is 4.58. The van der Waals surface area contributed by atoms with Crippen LogP contribution in [0.25, 0.3) is 26.9 Å². The Bertz CT molecular complexity index is 859. The van der Waals surface area contributed by atoms with E-state index in [1.807, 2.05) is 0 Å². The van der Waals surface area contributed by atoms with Gasteiger partial charge in [0.1, 0.15) is 11.3 Å². The van der Waals surface area contributed by atoms with E-state index >= 15 is 0 Å². The lowest BCUT2D eigenvalue weighted by Gasteiger charge is -2.06. The first kappa shape index (κ1) is 12.2. The molecule has 1 heterocycles. The zero-order valence-corrected chi connectivity index (χ0v) is 10.6. The summed E-state index contributed by atoms with van der Waals surface area (Å²) >= 11 is 0. The summed E-state index contributed by atoms with van der Waals surface area (Å²) in [6.45, 7) is 8.90. The highest BCUT2D eigenvalue weighted by Crippen LogP contribution is 2.36. The molecule has 3 aromatic rings. The Morgan fingerprint density at radius 3 is 2.70 bits per heavy atom. The van der Waals surface area contributed by atoms with Crippen LogP contribution in [0.3, 0.4) is 0 Å². The lowest BCUT2D eigenvalue weighted by Crippen LogP contribution is -1.81. The van der Waals surface area contributed by atoms with Crippen LogP contribution in [-0.4, -0.2) is 5.11 Å². The number of aromatic hydroxyl groups is 1. The molecule has 3 rings (SSSR count). The minimum atomic E-state index is -0.695. The van der Waals surface area contributed by atoms with Crippen molar-refractivity contribution in [2.75, 3.05) is 0 Å². The van der Waals surface area contributed by atoms with Crippen molar-refractivity contribution < 1.29 is 13.9 Å². The Balaban J connectivity index is 2.33. The molecule has 0 saturated carbocycles. The number of phenols is 1. The average molecular weight is 267 g/mol. The van der Waals surface area contributed by atoms with Crippen LogP contribution in [0.2, 0.25) is 0 Å². The Morgan fingerprint density at radius 1 is 1.20 bits per heavy atom. The number of hydrogen-bond donors (Lipinski definition) is 1. The number of halogens is 1. The van der Waals surface area contributed by atoms with Crippen molar-refractivity contribution in [1.82, 2.24) is 0 Å². The molecule has 0 aliphatic rings. The third kappa shape index (κ3) is 1.90. The van der Waals surface area contributed by atoms with Crippen molar-refractivity contribution in [2.24, 2.45) is 0 Å². The van der Waals surface area contributed by atoms with Crippen LogP contribution in [0.4, 0.5) is 10.1 Å². The van der Waals surface area contributed by atoms with Gasteiger partial charge >= 0.3 is 0 Å². The van der Waals surface area contributed by atoms with E-state index in [-0.39, 0.29) is 5.75 Å². The first-order chi connectivity index (χ1) is 9.58. The molecule has 2 aromatic carbocycles. The molecule has 0 aliphatic carbocycles. The highest BCUT2D eigenvalue weighted by atomic mass is 19.1. The third-order valence-corrected chi connectivity index (χ3v) is 3.22. The summed E-state index contributed by atoms with van der Waals surface area (Å²) in [5, 5.41) is 10.3. The van der Waals surface area contributed by atoms with Gasteiger partial charge in [-0.2, -0.15) is 4.39 Å². The van der Waals surface area contributed by atoms with Crippen LogP contribution in [0.5, 0.6) is 5.75 Å². The first-order valence-electron chi connectivity index (χ1n) is 5.99. The van der Waals surface area contributed by atoms with E-state index < -0.39 is 6.01 Å². The molecule has 0 fully saturated rings. The van der Waals surface area contributed by atoms with Gasteiger partial charge < -0.3 is 9.52 Å². The Kier molecular flexibility index (Phi) is 2.69. The van der Waals surface area contributed by atoms with E-state index in [0.29, 0.717) is 27.8 Å². The first-order valence-corrected chi connectivity index (χ1v) is 5.99. The van der Waals surface area contributed by atoms with E-state index in [4.69, 9.17) is 11.0 Å². The molecule has 1 aromatic heterocycles. The normalized spacial score (nSPS) is 10.7. The van der Waals surface area contributed by atoms with Gasteiger partial charge in [0.25, 0.3) is 6.01 Å². The number of furan rings is 1. The van der Waals surface area contributed by atoms with Gasteiger partial charge in [-0.05, 0) is 36.2 Å². The summed E-state index contributed by atoms with van der Waals surface area (Å²) < 4.78 is 18.4. The van der Waals surface area contributed by atoms with E-state index in [0.717, 1.165) is 5.56 Å². The lowest BCUT2D eigenvalue weighted by molar-refractivity contribution is 0.381. The SMILES string of the molecule is [C-]#[N+]c1cc(-c2ccc(C)c(O)c2)c2oc(F)cc2c1. The minimum Gasteiger partial charge on any atom is -0.508 e. The molecule has 0 unspecified atom stereocenters. The zero-order valence-electron chi connectivity index (χ0n) is 10.6. The lowest BCUT2D eigenvalue weighted by atomic mass is 10.0. The number of rotatable bonds is 1. The van der Waals surface area contributed by atoms with Gasteiger partial charge in [-0.3, -0.25) is 0 Å². The van der Waals surface area contributed by atoms with Gasteiger partial charge in [0, 0.05) is 17.0 Å². The van der Waals surface area contributed by atoms with Gasteiger partial charge in [-0.25, -0.2) is 4.85 Å². The number of nitrogens with zero attached hydrogens (tertiary/aromatic N) is 1. The molecular formula is C16H10FNO2. The summed E-state index contributed by atoms with van der Waals surface area (Å²) in [5.41, 5.74) is 2.79. The number of benzene rings is 2. The molecule has 4 heteroatoms. The smallest absolute Gasteiger partial charge is 0.278 e. The fourth-order valence-electron chi connectivity index (χ4n) is 2.16. The second kappa shape index (κ2) is 4.39. The van der Waals surface area contributed by atoms with Gasteiger partial charge in [-0.15, -0.1) is 0 Å². The number of phenolic OH excluding ortho intramolecular Hbond substituents is 1. The maximum atomic E-state index is 13.3. The summed E-state index contributed by atoms with van der Waals surface area (Å²) in [6.07, 6.45) is 0. The highest BCUT2D eigenvalue weighted by Gasteiger charge is 2.13. The highest BCUT2D eigenvalue weighted by molar-refractivity contribution is 5.96. The van der Waals surface area contributed by atoms with E-state index in [9.17, 15) is 9.50 Å². The Hall–Kier alpha value is -2.80. The van der Waals surface area contributed by atoms with Crippen LogP contribution >= 0.6 is 0 Å². The van der Waals surface area contributed by atoms with Crippen molar-refractivity contribution in [1.29, 1.82) is 0 Å².